The maximum Gasteiger partial charge on any atom is 0.270 e. The molecule has 20 heavy (non-hydrogen) atoms. The molecule has 3 aromatic heterocycles. The van der Waals surface area contributed by atoms with Gasteiger partial charge >= 0.3 is 0 Å². The molecule has 3 heterocycles. The first-order valence-electron chi connectivity index (χ1n) is 5.68. The van der Waals surface area contributed by atoms with Gasteiger partial charge in [0, 0.05) is 11.4 Å². The van der Waals surface area contributed by atoms with E-state index in [0.29, 0.717) is 12.4 Å². The van der Waals surface area contributed by atoms with E-state index < -0.39 is 0 Å². The van der Waals surface area contributed by atoms with Crippen LogP contribution >= 0.6 is 11.3 Å². The normalized spacial score (nSPS) is 10.7. The number of rotatable bonds is 4. The third kappa shape index (κ3) is 2.30. The van der Waals surface area contributed by atoms with Crippen LogP contribution < -0.4 is 10.1 Å². The van der Waals surface area contributed by atoms with Crippen molar-refractivity contribution >= 4 is 22.2 Å². The lowest BCUT2D eigenvalue weighted by Gasteiger charge is -2.04. The van der Waals surface area contributed by atoms with E-state index in [1.807, 2.05) is 5.38 Å². The van der Waals surface area contributed by atoms with E-state index in [9.17, 15) is 4.79 Å². The van der Waals surface area contributed by atoms with Gasteiger partial charge in [-0.1, -0.05) is 0 Å². The van der Waals surface area contributed by atoms with E-state index in [1.54, 1.807) is 4.52 Å². The second-order valence-corrected chi connectivity index (χ2v) is 4.65. The van der Waals surface area contributed by atoms with E-state index in [-0.39, 0.29) is 11.6 Å². The monoisotopic (exact) mass is 290 g/mol. The highest BCUT2D eigenvalue weighted by molar-refractivity contribution is 7.15. The Morgan fingerprint density at radius 3 is 3.15 bits per heavy atom. The van der Waals surface area contributed by atoms with Crippen LogP contribution in [0.4, 0.5) is 0 Å². The van der Waals surface area contributed by atoms with Gasteiger partial charge in [-0.15, -0.1) is 11.3 Å². The van der Waals surface area contributed by atoms with E-state index in [2.05, 4.69) is 25.4 Å². The van der Waals surface area contributed by atoms with Gasteiger partial charge in [-0.2, -0.15) is 5.10 Å². The molecule has 0 atom stereocenters. The second-order valence-electron chi connectivity index (χ2n) is 3.81. The van der Waals surface area contributed by atoms with Gasteiger partial charge < -0.3 is 10.1 Å². The number of nitrogens with one attached hydrogen (secondary N) is 1. The quantitative estimate of drug-likeness (QED) is 0.752. The molecule has 3 aromatic rings. The van der Waals surface area contributed by atoms with Gasteiger partial charge in [0.25, 0.3) is 5.91 Å². The molecule has 102 valence electrons. The Hall–Kier alpha value is -2.55. The summed E-state index contributed by atoms with van der Waals surface area (Å²) in [5.41, 5.74) is 1.11. The maximum atomic E-state index is 12.0. The van der Waals surface area contributed by atoms with Crippen LogP contribution in [0, 0.1) is 0 Å². The Kier molecular flexibility index (Phi) is 3.25. The third-order valence-corrected chi connectivity index (χ3v) is 3.48. The van der Waals surface area contributed by atoms with Crippen LogP contribution in [0.1, 0.15) is 16.2 Å². The molecule has 0 saturated carbocycles. The van der Waals surface area contributed by atoms with Crippen LogP contribution in [0.5, 0.6) is 5.88 Å². The molecule has 0 bridgehead atoms. The molecular formula is C11H10N6O2S. The predicted octanol–water partition coefficient (Wildman–Crippen LogP) is 0.519. The number of nitrogens with zero attached hydrogens (tertiary/aromatic N) is 5. The Balaban J connectivity index is 1.71. The van der Waals surface area contributed by atoms with Crippen molar-refractivity contribution in [3.63, 3.8) is 0 Å². The Bertz CT molecular complexity index is 752. The van der Waals surface area contributed by atoms with Crippen molar-refractivity contribution in [1.82, 2.24) is 29.9 Å². The molecule has 0 fully saturated rings. The van der Waals surface area contributed by atoms with Gasteiger partial charge in [0.05, 0.1) is 19.3 Å². The summed E-state index contributed by atoms with van der Waals surface area (Å²) in [7, 11) is 1.48. The number of carbonyl (C=O) groups is 1. The highest BCUT2D eigenvalue weighted by Gasteiger charge is 2.11. The number of hydrogen-bond donors (Lipinski definition) is 1. The van der Waals surface area contributed by atoms with Crippen LogP contribution in [0.25, 0.3) is 4.96 Å². The highest BCUT2D eigenvalue weighted by Crippen LogP contribution is 2.12. The zero-order chi connectivity index (χ0) is 13.9. The molecule has 3 rings (SSSR count). The highest BCUT2D eigenvalue weighted by atomic mass is 32.1. The molecular weight excluding hydrogens is 280 g/mol. The average molecular weight is 290 g/mol. The largest absolute Gasteiger partial charge is 0.481 e. The fraction of sp³-hybridized carbons (Fsp3) is 0.182. The standard InChI is InChI=1S/C11H10N6O2S/c1-19-9-2-8(13-5-14-9)10(18)12-3-7-4-20-11-15-6-16-17(7)11/h2,4-6H,3H2,1H3,(H,12,18). The van der Waals surface area contributed by atoms with Crippen LogP contribution in [0.15, 0.2) is 24.1 Å². The number of carbonyl (C=O) groups excluding carboxylic acids is 1. The van der Waals surface area contributed by atoms with E-state index >= 15 is 0 Å². The fourth-order valence-electron chi connectivity index (χ4n) is 1.63. The molecule has 0 radical (unpaired) electrons. The van der Waals surface area contributed by atoms with Gasteiger partial charge in [0.15, 0.2) is 0 Å². The Morgan fingerprint density at radius 1 is 1.40 bits per heavy atom. The molecule has 1 amide bonds. The van der Waals surface area contributed by atoms with E-state index in [4.69, 9.17) is 4.74 Å². The Labute approximate surface area is 117 Å². The Morgan fingerprint density at radius 2 is 2.30 bits per heavy atom. The number of methoxy groups -OCH3 is 1. The fourth-order valence-corrected chi connectivity index (χ4v) is 2.43. The van der Waals surface area contributed by atoms with E-state index in [0.717, 1.165) is 10.7 Å². The molecule has 9 heteroatoms. The van der Waals surface area contributed by atoms with Crippen LogP contribution in [-0.2, 0) is 6.54 Å². The SMILES string of the molecule is COc1cc(C(=O)NCc2csc3ncnn23)ncn1. The molecule has 0 aliphatic carbocycles. The number of fused-ring (bicyclic) bond motifs is 1. The first kappa shape index (κ1) is 12.5. The van der Waals surface area contributed by atoms with Crippen molar-refractivity contribution < 1.29 is 9.53 Å². The topological polar surface area (TPSA) is 94.3 Å². The molecule has 0 aliphatic heterocycles. The van der Waals surface area contributed by atoms with Crippen LogP contribution in [0.3, 0.4) is 0 Å². The van der Waals surface area contributed by atoms with Gasteiger partial charge in [-0.05, 0) is 0 Å². The number of thiazole rings is 1. The molecule has 8 nitrogen and oxygen atoms in total. The number of hydrogen-bond acceptors (Lipinski definition) is 7. The number of ether oxygens (including phenoxy) is 1. The third-order valence-electron chi connectivity index (χ3n) is 2.60. The first-order chi connectivity index (χ1) is 9.78. The van der Waals surface area contributed by atoms with Crippen LogP contribution in [0.2, 0.25) is 0 Å². The van der Waals surface area contributed by atoms with Crippen molar-refractivity contribution in [3.05, 3.63) is 35.5 Å². The summed E-state index contributed by atoms with van der Waals surface area (Å²) in [4.78, 5) is 24.6. The zero-order valence-electron chi connectivity index (χ0n) is 10.5. The summed E-state index contributed by atoms with van der Waals surface area (Å²) < 4.78 is 6.64. The van der Waals surface area contributed by atoms with Gasteiger partial charge in [-0.3, -0.25) is 4.79 Å². The summed E-state index contributed by atoms with van der Waals surface area (Å²) in [6.45, 7) is 0.342. The lowest BCUT2D eigenvalue weighted by Crippen LogP contribution is -2.24. The number of amides is 1. The summed E-state index contributed by atoms with van der Waals surface area (Å²) >= 11 is 1.47. The second kappa shape index (κ2) is 5.21. The summed E-state index contributed by atoms with van der Waals surface area (Å²) in [5, 5.41) is 8.74. The van der Waals surface area contributed by atoms with Gasteiger partial charge in [0.1, 0.15) is 18.3 Å². The minimum Gasteiger partial charge on any atom is -0.481 e. The van der Waals surface area contributed by atoms with E-state index in [1.165, 1.54) is 37.2 Å². The first-order valence-corrected chi connectivity index (χ1v) is 6.56. The summed E-state index contributed by atoms with van der Waals surface area (Å²) in [6.07, 6.45) is 2.76. The lowest BCUT2D eigenvalue weighted by atomic mass is 10.3. The molecule has 0 aromatic carbocycles. The molecule has 0 spiro atoms. The van der Waals surface area contributed by atoms with Crippen molar-refractivity contribution in [2.24, 2.45) is 0 Å². The van der Waals surface area contributed by atoms with Crippen LogP contribution in [-0.4, -0.2) is 37.6 Å². The molecule has 0 aliphatic rings. The minimum atomic E-state index is -0.301. The smallest absolute Gasteiger partial charge is 0.270 e. The van der Waals surface area contributed by atoms with Crippen molar-refractivity contribution in [1.29, 1.82) is 0 Å². The number of aromatic nitrogens is 5. The summed E-state index contributed by atoms with van der Waals surface area (Å²) in [6, 6.07) is 1.48. The van der Waals surface area contributed by atoms with Gasteiger partial charge in [-0.25, -0.2) is 19.5 Å². The minimum absolute atomic E-state index is 0.252. The van der Waals surface area contributed by atoms with Gasteiger partial charge in [0.2, 0.25) is 10.8 Å². The lowest BCUT2D eigenvalue weighted by molar-refractivity contribution is 0.0944. The average Bonchev–Trinajstić information content (AvgIpc) is 3.08. The predicted molar refractivity (Wildman–Crippen MR) is 70.6 cm³/mol. The maximum absolute atomic E-state index is 12.0. The molecule has 1 N–H and O–H groups in total. The molecule has 0 saturated heterocycles. The summed E-state index contributed by atoms with van der Waals surface area (Å²) in [5.74, 6) is 0.0458. The zero-order valence-corrected chi connectivity index (χ0v) is 11.3. The van der Waals surface area contributed by atoms with Crippen molar-refractivity contribution in [2.75, 3.05) is 7.11 Å². The van der Waals surface area contributed by atoms with Crippen molar-refractivity contribution in [2.45, 2.75) is 6.54 Å². The molecule has 0 unspecified atom stereocenters. The van der Waals surface area contributed by atoms with Crippen molar-refractivity contribution in [3.8, 4) is 5.88 Å².